The number of alkyl halides is 3. The quantitative estimate of drug-likeness (QED) is 0.879. The van der Waals surface area contributed by atoms with Gasteiger partial charge in [0.15, 0.2) is 0 Å². The van der Waals surface area contributed by atoms with Crippen molar-refractivity contribution in [3.8, 4) is 0 Å². The predicted octanol–water partition coefficient (Wildman–Crippen LogP) is 4.52. The molecule has 0 radical (unpaired) electrons. The van der Waals surface area contributed by atoms with E-state index in [1.807, 2.05) is 26.2 Å². The Balaban J connectivity index is 1.95. The first-order chi connectivity index (χ1) is 10.3. The molecule has 0 unspecified atom stereocenters. The van der Waals surface area contributed by atoms with Gasteiger partial charge in [-0.25, -0.2) is 0 Å². The van der Waals surface area contributed by atoms with E-state index in [9.17, 15) is 13.2 Å². The number of hydrogen-bond acceptors (Lipinski definition) is 2. The molecule has 0 heterocycles. The van der Waals surface area contributed by atoms with Crippen molar-refractivity contribution in [2.75, 3.05) is 19.0 Å². The monoisotopic (exact) mass is 314 g/mol. The highest BCUT2D eigenvalue weighted by Gasteiger charge is 2.41. The normalized spacial score (nSPS) is 24.1. The third-order valence-electron chi connectivity index (χ3n) is 4.56. The lowest BCUT2D eigenvalue weighted by Crippen LogP contribution is -2.38. The lowest BCUT2D eigenvalue weighted by atomic mass is 9.85. The molecular weight excluding hydrogens is 289 g/mol. The molecule has 22 heavy (non-hydrogen) atoms. The molecule has 0 saturated heterocycles. The minimum absolute atomic E-state index is 0.131. The molecule has 0 amide bonds. The lowest BCUT2D eigenvalue weighted by Gasteiger charge is -2.33. The van der Waals surface area contributed by atoms with Crippen molar-refractivity contribution in [3.63, 3.8) is 0 Å². The largest absolute Gasteiger partial charge is 0.391 e. The van der Waals surface area contributed by atoms with Crippen molar-refractivity contribution < 1.29 is 13.2 Å². The molecule has 1 atom stereocenters. The van der Waals surface area contributed by atoms with Crippen LogP contribution < -0.4 is 10.2 Å². The van der Waals surface area contributed by atoms with Gasteiger partial charge in [0.2, 0.25) is 0 Å². The summed E-state index contributed by atoms with van der Waals surface area (Å²) in [6.45, 7) is 2.08. The molecule has 1 saturated carbocycles. The molecule has 2 nitrogen and oxygen atoms in total. The van der Waals surface area contributed by atoms with Gasteiger partial charge in [-0.05, 0) is 44.2 Å². The summed E-state index contributed by atoms with van der Waals surface area (Å²) in [5, 5.41) is 3.51. The molecule has 0 aromatic heterocycles. The van der Waals surface area contributed by atoms with Crippen LogP contribution in [0.1, 0.15) is 44.2 Å². The molecule has 1 aromatic rings. The van der Waals surface area contributed by atoms with Crippen LogP contribution in [0, 0.1) is 5.92 Å². The van der Waals surface area contributed by atoms with Gasteiger partial charge in [-0.1, -0.05) is 18.2 Å². The van der Waals surface area contributed by atoms with E-state index in [1.165, 1.54) is 5.56 Å². The first kappa shape index (κ1) is 17.1. The Hall–Kier alpha value is -1.23. The summed E-state index contributed by atoms with van der Waals surface area (Å²) in [7, 11) is 4.00. The van der Waals surface area contributed by atoms with Crippen LogP contribution in [-0.4, -0.2) is 26.3 Å². The van der Waals surface area contributed by atoms with Crippen molar-refractivity contribution in [2.45, 2.75) is 50.9 Å². The van der Waals surface area contributed by atoms with Gasteiger partial charge in [0.05, 0.1) is 5.92 Å². The fourth-order valence-corrected chi connectivity index (χ4v) is 3.29. The summed E-state index contributed by atoms with van der Waals surface area (Å²) < 4.78 is 38.1. The summed E-state index contributed by atoms with van der Waals surface area (Å²) in [6.07, 6.45) is -2.36. The highest BCUT2D eigenvalue weighted by atomic mass is 19.4. The van der Waals surface area contributed by atoms with Crippen LogP contribution in [0.15, 0.2) is 24.3 Å². The van der Waals surface area contributed by atoms with E-state index in [-0.39, 0.29) is 24.9 Å². The van der Waals surface area contributed by atoms with E-state index in [2.05, 4.69) is 29.3 Å². The van der Waals surface area contributed by atoms with Crippen LogP contribution in [-0.2, 0) is 0 Å². The van der Waals surface area contributed by atoms with Crippen LogP contribution in [0.3, 0.4) is 0 Å². The molecule has 124 valence electrons. The summed E-state index contributed by atoms with van der Waals surface area (Å²) in [5.74, 6) is -1.12. The predicted molar refractivity (Wildman–Crippen MR) is 84.1 cm³/mol. The summed E-state index contributed by atoms with van der Waals surface area (Å²) in [4.78, 5) is 2.06. The zero-order valence-electron chi connectivity index (χ0n) is 13.5. The summed E-state index contributed by atoms with van der Waals surface area (Å²) >= 11 is 0. The van der Waals surface area contributed by atoms with E-state index in [0.29, 0.717) is 12.8 Å². The zero-order chi connectivity index (χ0) is 16.3. The minimum atomic E-state index is -4.03. The van der Waals surface area contributed by atoms with Crippen molar-refractivity contribution in [1.29, 1.82) is 0 Å². The highest BCUT2D eigenvalue weighted by Crippen LogP contribution is 2.38. The second-order valence-corrected chi connectivity index (χ2v) is 6.43. The first-order valence-corrected chi connectivity index (χ1v) is 7.88. The molecule has 1 fully saturated rings. The molecular formula is C17H25F3N2. The third-order valence-corrected chi connectivity index (χ3v) is 4.56. The molecule has 5 heteroatoms. The van der Waals surface area contributed by atoms with Crippen LogP contribution in [0.2, 0.25) is 0 Å². The van der Waals surface area contributed by atoms with Gasteiger partial charge in [-0.2, -0.15) is 13.2 Å². The van der Waals surface area contributed by atoms with E-state index in [4.69, 9.17) is 0 Å². The van der Waals surface area contributed by atoms with Gasteiger partial charge < -0.3 is 10.2 Å². The van der Waals surface area contributed by atoms with Crippen molar-refractivity contribution in [3.05, 3.63) is 29.8 Å². The maximum atomic E-state index is 12.7. The Morgan fingerprint density at radius 2 is 1.68 bits per heavy atom. The number of para-hydroxylation sites is 1. The molecule has 0 aliphatic heterocycles. The topological polar surface area (TPSA) is 15.3 Å². The standard InChI is InChI=1S/C17H25F3N2/c1-12(15-6-4-5-7-16(15)22(2)3)21-14-10-8-13(9-11-14)17(18,19)20/h4-7,12-14,21H,8-11H2,1-3H3/t12-,13?,14?/m1/s1. The Labute approximate surface area is 130 Å². The minimum Gasteiger partial charge on any atom is -0.377 e. The summed E-state index contributed by atoms with van der Waals surface area (Å²) in [6, 6.07) is 8.44. The Morgan fingerprint density at radius 3 is 2.23 bits per heavy atom. The number of hydrogen-bond donors (Lipinski definition) is 1. The third kappa shape index (κ3) is 4.15. The van der Waals surface area contributed by atoms with Gasteiger partial charge >= 0.3 is 6.18 Å². The van der Waals surface area contributed by atoms with E-state index >= 15 is 0 Å². The molecule has 0 spiro atoms. The van der Waals surface area contributed by atoms with Crippen molar-refractivity contribution in [2.24, 2.45) is 5.92 Å². The van der Waals surface area contributed by atoms with E-state index in [0.717, 1.165) is 5.69 Å². The van der Waals surface area contributed by atoms with Gasteiger partial charge in [-0.15, -0.1) is 0 Å². The molecule has 2 rings (SSSR count). The van der Waals surface area contributed by atoms with Gasteiger partial charge in [0, 0.05) is 31.9 Å². The molecule has 0 bridgehead atoms. The number of nitrogens with zero attached hydrogens (tertiary/aromatic N) is 1. The summed E-state index contributed by atoms with van der Waals surface area (Å²) in [5.41, 5.74) is 2.33. The van der Waals surface area contributed by atoms with Gasteiger partial charge in [0.1, 0.15) is 0 Å². The second-order valence-electron chi connectivity index (χ2n) is 6.43. The molecule has 1 N–H and O–H groups in total. The number of rotatable bonds is 4. The lowest BCUT2D eigenvalue weighted by molar-refractivity contribution is -0.182. The maximum absolute atomic E-state index is 12.7. The number of halogens is 3. The fourth-order valence-electron chi connectivity index (χ4n) is 3.29. The van der Waals surface area contributed by atoms with Crippen LogP contribution >= 0.6 is 0 Å². The van der Waals surface area contributed by atoms with Crippen molar-refractivity contribution in [1.82, 2.24) is 5.32 Å². The molecule has 1 aliphatic rings. The van der Waals surface area contributed by atoms with Gasteiger partial charge in [0.25, 0.3) is 0 Å². The average molecular weight is 314 g/mol. The SMILES string of the molecule is C[C@@H](NC1CCC(C(F)(F)F)CC1)c1ccccc1N(C)C. The molecule has 1 aromatic carbocycles. The smallest absolute Gasteiger partial charge is 0.377 e. The Bertz CT molecular complexity index is 477. The zero-order valence-corrected chi connectivity index (χ0v) is 13.5. The van der Waals surface area contributed by atoms with Crippen LogP contribution in [0.25, 0.3) is 0 Å². The van der Waals surface area contributed by atoms with Gasteiger partial charge in [-0.3, -0.25) is 0 Å². The Kier molecular flexibility index (Phi) is 5.37. The number of anilines is 1. The maximum Gasteiger partial charge on any atom is 0.391 e. The van der Waals surface area contributed by atoms with Crippen LogP contribution in [0.4, 0.5) is 18.9 Å². The van der Waals surface area contributed by atoms with E-state index in [1.54, 1.807) is 0 Å². The van der Waals surface area contributed by atoms with Crippen molar-refractivity contribution >= 4 is 5.69 Å². The fraction of sp³-hybridized carbons (Fsp3) is 0.647. The number of benzene rings is 1. The Morgan fingerprint density at radius 1 is 1.09 bits per heavy atom. The average Bonchev–Trinajstić information content (AvgIpc) is 2.46. The van der Waals surface area contributed by atoms with E-state index < -0.39 is 12.1 Å². The first-order valence-electron chi connectivity index (χ1n) is 7.88. The van der Waals surface area contributed by atoms with Crippen LogP contribution in [0.5, 0.6) is 0 Å². The highest BCUT2D eigenvalue weighted by molar-refractivity contribution is 5.53. The molecule has 1 aliphatic carbocycles. The second kappa shape index (κ2) is 6.90. The number of nitrogens with one attached hydrogen (secondary N) is 1.